The molecular weight excluding hydrogens is 757 g/mol. The summed E-state index contributed by atoms with van der Waals surface area (Å²) in [6.45, 7) is 0. The van der Waals surface area contributed by atoms with Crippen LogP contribution in [-0.2, 0) is 0 Å². The van der Waals surface area contributed by atoms with Gasteiger partial charge in [0.25, 0.3) is 0 Å². The van der Waals surface area contributed by atoms with Gasteiger partial charge in [-0.15, -0.1) is 0 Å². The molecule has 0 bridgehead atoms. The predicted octanol–water partition coefficient (Wildman–Crippen LogP) is 13.8. The summed E-state index contributed by atoms with van der Waals surface area (Å²) in [4.78, 5) is 19.9. The van der Waals surface area contributed by atoms with Crippen molar-refractivity contribution in [2.24, 2.45) is 0 Å². The molecule has 62 heavy (non-hydrogen) atoms. The highest BCUT2D eigenvalue weighted by Crippen LogP contribution is 2.42. The van der Waals surface area contributed by atoms with Crippen molar-refractivity contribution in [1.29, 1.82) is 0 Å². The molecule has 4 heterocycles. The largest absolute Gasteiger partial charge is 0.309 e. The second-order valence-corrected chi connectivity index (χ2v) is 15.5. The Labute approximate surface area is 357 Å². The van der Waals surface area contributed by atoms with Crippen LogP contribution in [0.15, 0.2) is 219 Å². The van der Waals surface area contributed by atoms with Crippen LogP contribution in [-0.4, -0.2) is 29.1 Å². The lowest BCUT2D eigenvalue weighted by Crippen LogP contribution is -2.00. The highest BCUT2D eigenvalue weighted by molar-refractivity contribution is 6.17. The van der Waals surface area contributed by atoms with E-state index in [1.165, 1.54) is 27.4 Å². The minimum atomic E-state index is 0.592. The lowest BCUT2D eigenvalue weighted by molar-refractivity contribution is 1.07. The van der Waals surface area contributed by atoms with Crippen LogP contribution in [0.1, 0.15) is 0 Å². The number of aromatic nitrogens is 6. The molecule has 0 saturated heterocycles. The standard InChI is InChI=1S/C56H36N6/c1-4-17-37(18-5-1)54-58-55(38-19-6-2-7-20-38)60-56(59-54)40-33-34-57-47(36-40)44-28-16-32-51-53(44)46-26-11-13-30-49(46)62(51)42-24-14-21-39(35-42)43-27-15-31-50-52(43)45-25-10-12-29-48(45)61(50)41-22-8-3-9-23-41/h1-36H. The number of pyridine rings is 1. The Morgan fingerprint density at radius 2 is 0.758 bits per heavy atom. The van der Waals surface area contributed by atoms with Crippen molar-refractivity contribution in [2.45, 2.75) is 0 Å². The monoisotopic (exact) mass is 792 g/mol. The first-order valence-corrected chi connectivity index (χ1v) is 20.8. The van der Waals surface area contributed by atoms with Crippen molar-refractivity contribution in [3.8, 4) is 67.9 Å². The molecule has 6 nitrogen and oxygen atoms in total. The van der Waals surface area contributed by atoms with Gasteiger partial charge in [-0.2, -0.15) is 0 Å². The summed E-state index contributed by atoms with van der Waals surface area (Å²) in [5.41, 5.74) is 13.8. The van der Waals surface area contributed by atoms with E-state index in [9.17, 15) is 0 Å². The number of rotatable bonds is 7. The molecule has 0 N–H and O–H groups in total. The SMILES string of the molecule is c1ccc(-c2nc(-c3ccccc3)nc(-c3ccnc(-c4cccc5c4c4ccccc4n5-c4cccc(-c5cccc6c5c5ccccc5n6-c5ccccc5)c4)c3)n2)cc1. The summed E-state index contributed by atoms with van der Waals surface area (Å²) >= 11 is 0. The van der Waals surface area contributed by atoms with Crippen molar-refractivity contribution in [1.82, 2.24) is 29.1 Å². The lowest BCUT2D eigenvalue weighted by Gasteiger charge is -2.12. The van der Waals surface area contributed by atoms with Crippen LogP contribution in [0.4, 0.5) is 0 Å². The number of benzene rings is 8. The van der Waals surface area contributed by atoms with E-state index in [2.05, 4.69) is 155 Å². The molecule has 8 aromatic carbocycles. The van der Waals surface area contributed by atoms with Gasteiger partial charge >= 0.3 is 0 Å². The molecule has 0 amide bonds. The number of fused-ring (bicyclic) bond motifs is 6. The van der Waals surface area contributed by atoms with E-state index in [0.717, 1.165) is 66.7 Å². The van der Waals surface area contributed by atoms with Crippen molar-refractivity contribution >= 4 is 43.6 Å². The maximum Gasteiger partial charge on any atom is 0.164 e. The Hall–Kier alpha value is -8.48. The van der Waals surface area contributed by atoms with Gasteiger partial charge in [0, 0.05) is 61.4 Å². The third kappa shape index (κ3) is 5.88. The Kier molecular flexibility index (Phi) is 8.38. The van der Waals surface area contributed by atoms with Gasteiger partial charge in [0.15, 0.2) is 17.5 Å². The van der Waals surface area contributed by atoms with Gasteiger partial charge in [0.2, 0.25) is 0 Å². The van der Waals surface area contributed by atoms with Crippen LogP contribution in [0.3, 0.4) is 0 Å². The quantitative estimate of drug-likeness (QED) is 0.161. The molecule has 12 rings (SSSR count). The van der Waals surface area contributed by atoms with Gasteiger partial charge in [-0.3, -0.25) is 4.98 Å². The second kappa shape index (κ2) is 14.7. The lowest BCUT2D eigenvalue weighted by atomic mass is 9.99. The molecule has 290 valence electrons. The first kappa shape index (κ1) is 35.5. The summed E-state index contributed by atoms with van der Waals surface area (Å²) in [6.07, 6.45) is 1.86. The van der Waals surface area contributed by atoms with E-state index in [-0.39, 0.29) is 0 Å². The number of hydrogen-bond acceptors (Lipinski definition) is 4. The maximum absolute atomic E-state index is 5.02. The van der Waals surface area contributed by atoms with Gasteiger partial charge in [-0.25, -0.2) is 15.0 Å². The number of hydrogen-bond donors (Lipinski definition) is 0. The highest BCUT2D eigenvalue weighted by atomic mass is 15.0. The van der Waals surface area contributed by atoms with E-state index in [0.29, 0.717) is 17.5 Å². The summed E-state index contributed by atoms with van der Waals surface area (Å²) in [7, 11) is 0. The molecule has 0 radical (unpaired) electrons. The minimum absolute atomic E-state index is 0.592. The first-order chi connectivity index (χ1) is 30.8. The molecule has 0 spiro atoms. The fraction of sp³-hybridized carbons (Fsp3) is 0. The predicted molar refractivity (Wildman–Crippen MR) is 253 cm³/mol. The zero-order valence-corrected chi connectivity index (χ0v) is 33.5. The summed E-state index contributed by atoms with van der Waals surface area (Å²) in [5, 5.41) is 4.76. The molecular formula is C56H36N6. The van der Waals surface area contributed by atoms with E-state index in [1.807, 2.05) is 72.9 Å². The summed E-state index contributed by atoms with van der Waals surface area (Å²) in [5.74, 6) is 1.84. The van der Waals surface area contributed by atoms with E-state index < -0.39 is 0 Å². The van der Waals surface area contributed by atoms with Crippen LogP contribution >= 0.6 is 0 Å². The van der Waals surface area contributed by atoms with E-state index in [1.54, 1.807) is 0 Å². The fourth-order valence-corrected chi connectivity index (χ4v) is 9.09. The number of para-hydroxylation sites is 3. The third-order valence-electron chi connectivity index (χ3n) is 11.8. The Balaban J connectivity index is 1.01. The Morgan fingerprint density at radius 1 is 0.306 bits per heavy atom. The molecule has 6 heteroatoms. The zero-order valence-electron chi connectivity index (χ0n) is 33.5. The van der Waals surface area contributed by atoms with Gasteiger partial charge in [0.1, 0.15) is 0 Å². The summed E-state index contributed by atoms with van der Waals surface area (Å²) < 4.78 is 4.76. The number of nitrogens with zero attached hydrogens (tertiary/aromatic N) is 6. The summed E-state index contributed by atoms with van der Waals surface area (Å²) in [6, 6.07) is 74.4. The van der Waals surface area contributed by atoms with Gasteiger partial charge in [-0.1, -0.05) is 152 Å². The average molecular weight is 793 g/mol. The van der Waals surface area contributed by atoms with Crippen LogP contribution < -0.4 is 0 Å². The molecule has 0 atom stereocenters. The van der Waals surface area contributed by atoms with Crippen LogP contribution in [0.25, 0.3) is 112 Å². The van der Waals surface area contributed by atoms with Gasteiger partial charge < -0.3 is 9.13 Å². The van der Waals surface area contributed by atoms with Crippen molar-refractivity contribution in [3.05, 3.63) is 219 Å². The Bertz CT molecular complexity index is 3570. The van der Waals surface area contributed by atoms with Crippen molar-refractivity contribution in [2.75, 3.05) is 0 Å². The topological polar surface area (TPSA) is 61.4 Å². The maximum atomic E-state index is 5.02. The van der Waals surface area contributed by atoms with Crippen LogP contribution in [0, 0.1) is 0 Å². The molecule has 0 unspecified atom stereocenters. The highest BCUT2D eigenvalue weighted by Gasteiger charge is 2.20. The van der Waals surface area contributed by atoms with Gasteiger partial charge in [0.05, 0.1) is 27.8 Å². The van der Waals surface area contributed by atoms with E-state index in [4.69, 9.17) is 19.9 Å². The zero-order chi connectivity index (χ0) is 41.0. The van der Waals surface area contributed by atoms with Crippen molar-refractivity contribution < 1.29 is 0 Å². The molecule has 0 saturated carbocycles. The average Bonchev–Trinajstić information content (AvgIpc) is 3.88. The van der Waals surface area contributed by atoms with Crippen LogP contribution in [0.2, 0.25) is 0 Å². The normalized spacial score (nSPS) is 11.5. The second-order valence-electron chi connectivity index (χ2n) is 15.5. The van der Waals surface area contributed by atoms with E-state index >= 15 is 0 Å². The first-order valence-electron chi connectivity index (χ1n) is 20.8. The van der Waals surface area contributed by atoms with Crippen molar-refractivity contribution in [3.63, 3.8) is 0 Å². The molecule has 0 aliphatic carbocycles. The molecule has 0 aliphatic heterocycles. The molecule has 0 aliphatic rings. The molecule has 0 fully saturated rings. The fourth-order valence-electron chi connectivity index (χ4n) is 9.09. The smallest absolute Gasteiger partial charge is 0.164 e. The van der Waals surface area contributed by atoms with Crippen LogP contribution in [0.5, 0.6) is 0 Å². The molecule has 4 aromatic heterocycles. The minimum Gasteiger partial charge on any atom is -0.309 e. The molecule has 12 aromatic rings. The third-order valence-corrected chi connectivity index (χ3v) is 11.8. The van der Waals surface area contributed by atoms with Gasteiger partial charge in [-0.05, 0) is 71.8 Å². The Morgan fingerprint density at radius 3 is 1.39 bits per heavy atom.